The minimum Gasteiger partial charge on any atom is -0.330 e. The van der Waals surface area contributed by atoms with Crippen LogP contribution in [0.3, 0.4) is 0 Å². The molecule has 5 nitrogen and oxygen atoms in total. The van der Waals surface area contributed by atoms with Crippen molar-refractivity contribution < 1.29 is 4.92 Å². The molecule has 0 aromatic heterocycles. The Labute approximate surface area is 130 Å². The van der Waals surface area contributed by atoms with E-state index < -0.39 is 4.92 Å². The normalized spacial score (nSPS) is 22.5. The average Bonchev–Trinajstić information content (AvgIpc) is 2.48. The summed E-state index contributed by atoms with van der Waals surface area (Å²) < 4.78 is 0. The summed E-state index contributed by atoms with van der Waals surface area (Å²) in [5.74, 6) is 0.528. The van der Waals surface area contributed by atoms with Gasteiger partial charge < -0.3 is 5.73 Å². The van der Waals surface area contributed by atoms with Crippen LogP contribution in [0.5, 0.6) is 0 Å². The highest BCUT2D eigenvalue weighted by Crippen LogP contribution is 2.30. The topological polar surface area (TPSA) is 72.4 Å². The van der Waals surface area contributed by atoms with Gasteiger partial charge in [-0.2, -0.15) is 0 Å². The molecule has 2 atom stereocenters. The molecule has 0 heterocycles. The summed E-state index contributed by atoms with van der Waals surface area (Å²) in [5, 5.41) is 11.2. The zero-order valence-electron chi connectivity index (χ0n) is 12.3. The molecule has 1 fully saturated rings. The fourth-order valence-electron chi connectivity index (χ4n) is 3.21. The van der Waals surface area contributed by atoms with Gasteiger partial charge in [0, 0.05) is 24.7 Å². The fourth-order valence-corrected chi connectivity index (χ4v) is 3.44. The largest absolute Gasteiger partial charge is 0.330 e. The molecule has 1 aliphatic rings. The van der Waals surface area contributed by atoms with E-state index in [9.17, 15) is 10.1 Å². The van der Waals surface area contributed by atoms with Crippen molar-refractivity contribution in [2.24, 2.45) is 11.7 Å². The van der Waals surface area contributed by atoms with Crippen molar-refractivity contribution in [3.63, 3.8) is 0 Å². The van der Waals surface area contributed by atoms with E-state index in [0.29, 0.717) is 30.1 Å². The molecule has 1 aliphatic carbocycles. The van der Waals surface area contributed by atoms with Gasteiger partial charge in [-0.15, -0.1) is 0 Å². The Morgan fingerprint density at radius 3 is 2.76 bits per heavy atom. The molecule has 2 unspecified atom stereocenters. The molecule has 1 aromatic rings. The predicted molar refractivity (Wildman–Crippen MR) is 84.4 cm³/mol. The minimum absolute atomic E-state index is 0.0314. The first-order valence-electron chi connectivity index (χ1n) is 7.36. The van der Waals surface area contributed by atoms with Crippen LogP contribution in [0.25, 0.3) is 0 Å². The molecule has 1 saturated carbocycles. The lowest BCUT2D eigenvalue weighted by Gasteiger charge is -2.37. The number of benzene rings is 1. The maximum atomic E-state index is 10.7. The lowest BCUT2D eigenvalue weighted by molar-refractivity contribution is -0.384. The number of nitro groups is 1. The van der Waals surface area contributed by atoms with Crippen LogP contribution in [0.2, 0.25) is 5.02 Å². The van der Waals surface area contributed by atoms with Crippen LogP contribution in [0.1, 0.15) is 31.2 Å². The molecule has 2 rings (SSSR count). The second-order valence-electron chi connectivity index (χ2n) is 5.80. The van der Waals surface area contributed by atoms with Crippen molar-refractivity contribution in [2.75, 3.05) is 13.6 Å². The monoisotopic (exact) mass is 311 g/mol. The molecule has 0 aliphatic heterocycles. The van der Waals surface area contributed by atoms with Gasteiger partial charge in [0.25, 0.3) is 5.69 Å². The fraction of sp³-hybridized carbons (Fsp3) is 0.600. The number of nitrogens with zero attached hydrogens (tertiary/aromatic N) is 2. The number of nitro benzene ring substituents is 1. The third-order valence-corrected chi connectivity index (χ3v) is 4.76. The van der Waals surface area contributed by atoms with Gasteiger partial charge >= 0.3 is 0 Å². The maximum absolute atomic E-state index is 10.7. The molecule has 0 amide bonds. The van der Waals surface area contributed by atoms with E-state index >= 15 is 0 Å². The van der Waals surface area contributed by atoms with E-state index in [4.69, 9.17) is 17.3 Å². The summed E-state index contributed by atoms with van der Waals surface area (Å²) in [5.41, 5.74) is 6.83. The van der Waals surface area contributed by atoms with E-state index in [1.807, 2.05) is 0 Å². The van der Waals surface area contributed by atoms with Gasteiger partial charge in [-0.05, 0) is 44.0 Å². The van der Waals surface area contributed by atoms with Gasteiger partial charge in [-0.3, -0.25) is 15.0 Å². The SMILES string of the molecule is CN(Cc1ccc([N+](=O)[O-])cc1Cl)C1CCCCC1CN. The average molecular weight is 312 g/mol. The molecular formula is C15H22ClN3O2. The van der Waals surface area contributed by atoms with Crippen molar-refractivity contribution in [1.29, 1.82) is 0 Å². The van der Waals surface area contributed by atoms with Crippen molar-refractivity contribution in [2.45, 2.75) is 38.3 Å². The second-order valence-corrected chi connectivity index (χ2v) is 6.20. The highest BCUT2D eigenvalue weighted by atomic mass is 35.5. The molecule has 1 aromatic carbocycles. The van der Waals surface area contributed by atoms with Crippen LogP contribution in [0, 0.1) is 16.0 Å². The Morgan fingerprint density at radius 2 is 2.14 bits per heavy atom. The summed E-state index contributed by atoms with van der Waals surface area (Å²) in [6.45, 7) is 1.40. The first kappa shape index (κ1) is 16.2. The van der Waals surface area contributed by atoms with Crippen molar-refractivity contribution in [3.05, 3.63) is 38.9 Å². The van der Waals surface area contributed by atoms with E-state index in [0.717, 1.165) is 12.0 Å². The highest BCUT2D eigenvalue weighted by Gasteiger charge is 2.27. The Balaban J connectivity index is 2.08. The number of nitrogens with two attached hydrogens (primary N) is 1. The maximum Gasteiger partial charge on any atom is 0.270 e. The standard InChI is InChI=1S/C15H22ClN3O2/c1-18(15-5-3-2-4-11(15)9-17)10-12-6-7-13(19(20)21)8-14(12)16/h6-8,11,15H,2-5,9-10,17H2,1H3. The predicted octanol–water partition coefficient (Wildman–Crippen LogP) is 3.20. The van der Waals surface area contributed by atoms with Crippen molar-refractivity contribution in [1.82, 2.24) is 4.90 Å². The smallest absolute Gasteiger partial charge is 0.270 e. The lowest BCUT2D eigenvalue weighted by atomic mass is 9.83. The summed E-state index contributed by atoms with van der Waals surface area (Å²) in [6.07, 6.45) is 4.83. The van der Waals surface area contributed by atoms with Crippen molar-refractivity contribution in [3.8, 4) is 0 Å². The summed E-state index contributed by atoms with van der Waals surface area (Å²) in [7, 11) is 2.08. The van der Waals surface area contributed by atoms with Crippen LogP contribution in [-0.2, 0) is 6.54 Å². The van der Waals surface area contributed by atoms with E-state index in [2.05, 4.69) is 11.9 Å². The molecule has 21 heavy (non-hydrogen) atoms. The highest BCUT2D eigenvalue weighted by molar-refractivity contribution is 6.31. The van der Waals surface area contributed by atoms with E-state index in [-0.39, 0.29) is 5.69 Å². The van der Waals surface area contributed by atoms with Crippen LogP contribution >= 0.6 is 11.6 Å². The number of halogens is 1. The van der Waals surface area contributed by atoms with Crippen LogP contribution < -0.4 is 5.73 Å². The van der Waals surface area contributed by atoms with Gasteiger partial charge in [0.15, 0.2) is 0 Å². The molecule has 0 bridgehead atoms. The first-order valence-corrected chi connectivity index (χ1v) is 7.74. The minimum atomic E-state index is -0.426. The summed E-state index contributed by atoms with van der Waals surface area (Å²) in [4.78, 5) is 12.6. The molecule has 116 valence electrons. The second kappa shape index (κ2) is 7.20. The quantitative estimate of drug-likeness (QED) is 0.669. The van der Waals surface area contributed by atoms with Gasteiger partial charge in [-0.25, -0.2) is 0 Å². The summed E-state index contributed by atoms with van der Waals surface area (Å²) in [6, 6.07) is 5.15. The third kappa shape index (κ3) is 3.93. The van der Waals surface area contributed by atoms with Gasteiger partial charge in [-0.1, -0.05) is 24.4 Å². The van der Waals surface area contributed by atoms with Gasteiger partial charge in [0.05, 0.1) is 9.95 Å². The Kier molecular flexibility index (Phi) is 5.56. The van der Waals surface area contributed by atoms with Gasteiger partial charge in [0.1, 0.15) is 0 Å². The molecule has 2 N–H and O–H groups in total. The molecule has 6 heteroatoms. The molecular weight excluding hydrogens is 290 g/mol. The van der Waals surface area contributed by atoms with Crippen LogP contribution in [0.15, 0.2) is 18.2 Å². The first-order chi connectivity index (χ1) is 10.0. The molecule has 0 spiro atoms. The molecule has 0 radical (unpaired) electrons. The van der Waals surface area contributed by atoms with Crippen LogP contribution in [0.4, 0.5) is 5.69 Å². The van der Waals surface area contributed by atoms with Gasteiger partial charge in [0.2, 0.25) is 0 Å². The number of rotatable bonds is 5. The Hall–Kier alpha value is -1.17. The van der Waals surface area contributed by atoms with Crippen molar-refractivity contribution >= 4 is 17.3 Å². The lowest BCUT2D eigenvalue weighted by Crippen LogP contribution is -2.42. The zero-order valence-corrected chi connectivity index (χ0v) is 13.1. The zero-order chi connectivity index (χ0) is 15.4. The number of hydrogen-bond donors (Lipinski definition) is 1. The third-order valence-electron chi connectivity index (χ3n) is 4.41. The number of non-ortho nitro benzene ring substituents is 1. The summed E-state index contributed by atoms with van der Waals surface area (Å²) >= 11 is 6.17. The Bertz CT molecular complexity index is 510. The van der Waals surface area contributed by atoms with E-state index in [1.165, 1.54) is 31.4 Å². The number of hydrogen-bond acceptors (Lipinski definition) is 4. The van der Waals surface area contributed by atoms with Crippen LogP contribution in [-0.4, -0.2) is 29.5 Å². The molecule has 0 saturated heterocycles. The van der Waals surface area contributed by atoms with E-state index in [1.54, 1.807) is 6.07 Å². The Morgan fingerprint density at radius 1 is 1.43 bits per heavy atom.